The summed E-state index contributed by atoms with van der Waals surface area (Å²) in [6, 6.07) is 6.27. The maximum atomic E-state index is 5.87. The van der Waals surface area contributed by atoms with Crippen molar-refractivity contribution < 1.29 is 17.2 Å². The van der Waals surface area contributed by atoms with E-state index in [1.807, 2.05) is 6.07 Å². The number of hydrogen-bond acceptors (Lipinski definition) is 1. The third-order valence-corrected chi connectivity index (χ3v) is 8.26. The first kappa shape index (κ1) is 10.4. The molecular formula is C9H12I2N-. The van der Waals surface area contributed by atoms with Gasteiger partial charge in [-0.25, -0.2) is 0 Å². The Balaban J connectivity index is 3.08. The Hall–Kier alpha value is 0.350. The number of benzene rings is 1. The summed E-state index contributed by atoms with van der Waals surface area (Å²) < 4.78 is 5.52. The van der Waals surface area contributed by atoms with Gasteiger partial charge in [0.25, 0.3) is 0 Å². The second-order valence-electron chi connectivity index (χ2n) is 2.33. The van der Waals surface area contributed by atoms with Gasteiger partial charge in [0.2, 0.25) is 0 Å². The van der Waals surface area contributed by atoms with Crippen LogP contribution in [0.1, 0.15) is 12.5 Å². The molecule has 12 heavy (non-hydrogen) atoms. The molecule has 0 amide bonds. The van der Waals surface area contributed by atoms with Gasteiger partial charge in [0, 0.05) is 0 Å². The molecule has 1 aromatic carbocycles. The average molecular weight is 388 g/mol. The Kier molecular flexibility index (Phi) is 4.49. The molecule has 0 atom stereocenters. The molecule has 0 unspecified atom stereocenters. The quantitative estimate of drug-likeness (QED) is 0.544. The SMILES string of the molecule is C=I[I-]c1cccc(N)c1CC. The van der Waals surface area contributed by atoms with Crippen LogP contribution < -0.4 is 23.0 Å². The second-order valence-corrected chi connectivity index (χ2v) is 11.1. The summed E-state index contributed by atoms with van der Waals surface area (Å²) in [5, 5.41) is 0. The van der Waals surface area contributed by atoms with Gasteiger partial charge >= 0.3 is 90.6 Å². The van der Waals surface area contributed by atoms with E-state index in [1.165, 1.54) is 9.13 Å². The first-order valence-electron chi connectivity index (χ1n) is 3.69. The van der Waals surface area contributed by atoms with Crippen LogP contribution in [0.2, 0.25) is 0 Å². The molecule has 1 aromatic rings. The van der Waals surface area contributed by atoms with Crippen molar-refractivity contribution in [3.05, 3.63) is 27.3 Å². The molecule has 0 aliphatic heterocycles. The molecule has 0 aliphatic carbocycles. The standard InChI is InChI=1S/C9H12I2N/c1-3-7-8(11-10-2)5-4-6-9(7)12/h4-6H,2-3,12H2,1H3/q-1. The van der Waals surface area contributed by atoms with E-state index in [1.54, 1.807) is 0 Å². The first-order chi connectivity index (χ1) is 5.79. The van der Waals surface area contributed by atoms with Crippen LogP contribution >= 0.6 is 16.8 Å². The predicted molar refractivity (Wildman–Crippen MR) is 60.1 cm³/mol. The zero-order valence-corrected chi connectivity index (χ0v) is 11.3. The third-order valence-electron chi connectivity index (χ3n) is 1.64. The second kappa shape index (κ2) is 5.16. The van der Waals surface area contributed by atoms with Gasteiger partial charge in [-0.05, 0) is 0 Å². The minimum atomic E-state index is 0.198. The molecule has 0 bridgehead atoms. The van der Waals surface area contributed by atoms with Crippen molar-refractivity contribution in [2.24, 2.45) is 0 Å². The summed E-state index contributed by atoms with van der Waals surface area (Å²) in [7, 11) is 0. The van der Waals surface area contributed by atoms with Crippen LogP contribution in [0.3, 0.4) is 0 Å². The molecule has 2 N–H and O–H groups in total. The van der Waals surface area contributed by atoms with E-state index in [2.05, 4.69) is 23.6 Å². The van der Waals surface area contributed by atoms with Gasteiger partial charge in [-0.3, -0.25) is 0 Å². The summed E-state index contributed by atoms with van der Waals surface area (Å²) in [6.07, 6.45) is 1.06. The van der Waals surface area contributed by atoms with Gasteiger partial charge in [-0.1, -0.05) is 0 Å². The summed E-state index contributed by atoms with van der Waals surface area (Å²) >= 11 is 0.402. The van der Waals surface area contributed by atoms with Crippen molar-refractivity contribution >= 4 is 27.0 Å². The van der Waals surface area contributed by atoms with E-state index in [0.717, 1.165) is 12.1 Å². The van der Waals surface area contributed by atoms with Crippen LogP contribution in [0.25, 0.3) is 0 Å². The Morgan fingerprint density at radius 1 is 1.58 bits per heavy atom. The molecule has 0 aliphatic rings. The molecule has 3 heteroatoms. The van der Waals surface area contributed by atoms with Gasteiger partial charge < -0.3 is 0 Å². The van der Waals surface area contributed by atoms with Crippen LogP contribution in [0.15, 0.2) is 18.2 Å². The van der Waals surface area contributed by atoms with Gasteiger partial charge in [-0.2, -0.15) is 0 Å². The average Bonchev–Trinajstić information content (AvgIpc) is 2.05. The summed E-state index contributed by atoms with van der Waals surface area (Å²) in [5.41, 5.74) is 8.21. The maximum absolute atomic E-state index is 5.87. The molecule has 68 valence electrons. The van der Waals surface area contributed by atoms with Crippen LogP contribution in [-0.2, 0) is 6.42 Å². The number of nitrogen functional groups attached to an aromatic ring is 1. The molecule has 0 spiro atoms. The van der Waals surface area contributed by atoms with E-state index >= 15 is 0 Å². The Labute approximate surface area is 89.8 Å². The Bertz CT molecular complexity index is 284. The van der Waals surface area contributed by atoms with Crippen LogP contribution in [0, 0.1) is 3.57 Å². The topological polar surface area (TPSA) is 26.0 Å². The van der Waals surface area contributed by atoms with Crippen molar-refractivity contribution in [3.63, 3.8) is 0 Å². The number of rotatable bonds is 3. The van der Waals surface area contributed by atoms with Crippen molar-refractivity contribution in [1.29, 1.82) is 0 Å². The van der Waals surface area contributed by atoms with E-state index in [0.29, 0.717) is 0 Å². The van der Waals surface area contributed by atoms with Gasteiger partial charge in [0.1, 0.15) is 0 Å². The van der Waals surface area contributed by atoms with Crippen LogP contribution in [0.4, 0.5) is 5.69 Å². The van der Waals surface area contributed by atoms with Crippen molar-refractivity contribution in [3.8, 4) is 0 Å². The fourth-order valence-corrected chi connectivity index (χ4v) is 7.31. The van der Waals surface area contributed by atoms with E-state index in [9.17, 15) is 0 Å². The van der Waals surface area contributed by atoms with E-state index in [4.69, 9.17) is 5.73 Å². The summed E-state index contributed by atoms with van der Waals surface area (Å²) in [4.78, 5) is 0. The van der Waals surface area contributed by atoms with E-state index < -0.39 is 0 Å². The fraction of sp³-hybridized carbons (Fsp3) is 0.222. The molecule has 0 saturated carbocycles. The molecule has 1 rings (SSSR count). The first-order valence-corrected chi connectivity index (χ1v) is 12.6. The number of hydrogen-bond donors (Lipinski definition) is 1. The number of nitrogens with two attached hydrogens (primary N) is 1. The van der Waals surface area contributed by atoms with Gasteiger partial charge in [0.15, 0.2) is 0 Å². The van der Waals surface area contributed by atoms with Crippen molar-refractivity contribution in [2.45, 2.75) is 13.3 Å². The van der Waals surface area contributed by atoms with Crippen LogP contribution in [-0.4, -0.2) is 4.51 Å². The van der Waals surface area contributed by atoms with Crippen molar-refractivity contribution in [2.75, 3.05) is 5.73 Å². The Morgan fingerprint density at radius 3 is 2.92 bits per heavy atom. The molecular weight excluding hydrogens is 376 g/mol. The summed E-state index contributed by atoms with van der Waals surface area (Å²) in [6.45, 7) is 2.17. The zero-order valence-electron chi connectivity index (χ0n) is 6.98. The molecule has 0 fully saturated rings. The predicted octanol–water partition coefficient (Wildman–Crippen LogP) is -0.592. The third kappa shape index (κ3) is 2.42. The monoisotopic (exact) mass is 388 g/mol. The molecule has 0 radical (unpaired) electrons. The minimum absolute atomic E-state index is 0.198. The number of anilines is 1. The summed E-state index contributed by atoms with van der Waals surface area (Å²) in [5.74, 6) is 0. The van der Waals surface area contributed by atoms with Gasteiger partial charge in [0.05, 0.1) is 0 Å². The van der Waals surface area contributed by atoms with Crippen LogP contribution in [0.5, 0.6) is 0 Å². The molecule has 1 nitrogen and oxygen atoms in total. The normalized spacial score (nSPS) is 10.4. The van der Waals surface area contributed by atoms with Gasteiger partial charge in [-0.15, -0.1) is 0 Å². The molecule has 0 aromatic heterocycles. The number of halogens is 2. The Morgan fingerprint density at radius 2 is 2.33 bits per heavy atom. The van der Waals surface area contributed by atoms with Crippen molar-refractivity contribution in [1.82, 2.24) is 0 Å². The molecule has 0 saturated heterocycles. The zero-order chi connectivity index (χ0) is 8.97. The van der Waals surface area contributed by atoms with E-state index in [-0.39, 0.29) is 34.0 Å². The fourth-order valence-electron chi connectivity index (χ4n) is 1.07. The molecule has 0 heterocycles.